The Morgan fingerprint density at radius 1 is 1.16 bits per heavy atom. The van der Waals surface area contributed by atoms with Gasteiger partial charge in [0.25, 0.3) is 5.91 Å². The molecular weight excluding hydrogens is 322 g/mol. The first-order chi connectivity index (χ1) is 12.1. The minimum Gasteiger partial charge on any atom is -0.482 e. The van der Waals surface area contributed by atoms with Crippen molar-refractivity contribution in [3.63, 3.8) is 0 Å². The summed E-state index contributed by atoms with van der Waals surface area (Å²) in [7, 11) is 0. The van der Waals surface area contributed by atoms with Crippen molar-refractivity contribution in [1.29, 1.82) is 0 Å². The SMILES string of the molecule is O=C(O)COc1cccc(C(=O)N[C@@H]2CCO[C@H]2c2ccccc2)c1. The lowest BCUT2D eigenvalue weighted by atomic mass is 10.0. The number of aliphatic carboxylic acids is 1. The van der Waals surface area contributed by atoms with Crippen LogP contribution < -0.4 is 10.1 Å². The number of benzene rings is 2. The molecule has 1 saturated heterocycles. The van der Waals surface area contributed by atoms with Crippen LogP contribution >= 0.6 is 0 Å². The number of nitrogens with one attached hydrogen (secondary N) is 1. The van der Waals surface area contributed by atoms with Crippen LogP contribution in [0, 0.1) is 0 Å². The molecule has 0 aliphatic carbocycles. The van der Waals surface area contributed by atoms with Crippen LogP contribution in [-0.2, 0) is 9.53 Å². The molecule has 6 heteroatoms. The number of carboxylic acids is 1. The quantitative estimate of drug-likeness (QED) is 0.843. The van der Waals surface area contributed by atoms with Gasteiger partial charge in [0.1, 0.15) is 11.9 Å². The highest BCUT2D eigenvalue weighted by molar-refractivity contribution is 5.94. The lowest BCUT2D eigenvalue weighted by Gasteiger charge is -2.20. The Balaban J connectivity index is 1.67. The largest absolute Gasteiger partial charge is 0.482 e. The number of rotatable bonds is 6. The molecule has 0 bridgehead atoms. The predicted molar refractivity (Wildman–Crippen MR) is 90.6 cm³/mol. The molecule has 2 N–H and O–H groups in total. The van der Waals surface area contributed by atoms with E-state index in [4.69, 9.17) is 14.6 Å². The Kier molecular flexibility index (Phi) is 5.30. The number of amides is 1. The van der Waals surface area contributed by atoms with E-state index in [-0.39, 0.29) is 18.1 Å². The topological polar surface area (TPSA) is 84.9 Å². The second-order valence-electron chi connectivity index (χ2n) is 5.78. The second-order valence-corrected chi connectivity index (χ2v) is 5.78. The summed E-state index contributed by atoms with van der Waals surface area (Å²) in [6.07, 6.45) is 0.567. The van der Waals surface area contributed by atoms with E-state index in [9.17, 15) is 9.59 Å². The van der Waals surface area contributed by atoms with Gasteiger partial charge in [-0.3, -0.25) is 4.79 Å². The summed E-state index contributed by atoms with van der Waals surface area (Å²) in [6, 6.07) is 16.1. The number of ether oxygens (including phenoxy) is 2. The van der Waals surface area contributed by atoms with Crippen molar-refractivity contribution in [1.82, 2.24) is 5.32 Å². The molecule has 1 amide bonds. The van der Waals surface area contributed by atoms with Gasteiger partial charge in [0, 0.05) is 12.2 Å². The van der Waals surface area contributed by atoms with Crippen LogP contribution in [0.15, 0.2) is 54.6 Å². The average Bonchev–Trinajstić information content (AvgIpc) is 3.09. The molecule has 1 heterocycles. The van der Waals surface area contributed by atoms with E-state index in [2.05, 4.69) is 5.32 Å². The molecule has 2 aromatic carbocycles. The van der Waals surface area contributed by atoms with E-state index >= 15 is 0 Å². The normalized spacial score (nSPS) is 19.4. The summed E-state index contributed by atoms with van der Waals surface area (Å²) in [6.45, 7) is 0.143. The first-order valence-corrected chi connectivity index (χ1v) is 8.05. The Bertz CT molecular complexity index is 746. The average molecular weight is 341 g/mol. The van der Waals surface area contributed by atoms with E-state index in [1.165, 1.54) is 6.07 Å². The van der Waals surface area contributed by atoms with Crippen LogP contribution in [0.4, 0.5) is 0 Å². The molecular formula is C19H19NO5. The number of hydrogen-bond acceptors (Lipinski definition) is 4. The van der Waals surface area contributed by atoms with Gasteiger partial charge in [-0.2, -0.15) is 0 Å². The maximum Gasteiger partial charge on any atom is 0.341 e. The lowest BCUT2D eigenvalue weighted by Crippen LogP contribution is -2.36. The summed E-state index contributed by atoms with van der Waals surface area (Å²) >= 11 is 0. The van der Waals surface area contributed by atoms with Crippen molar-refractivity contribution < 1.29 is 24.2 Å². The zero-order valence-electron chi connectivity index (χ0n) is 13.6. The van der Waals surface area contributed by atoms with Gasteiger partial charge in [-0.15, -0.1) is 0 Å². The van der Waals surface area contributed by atoms with Crippen molar-refractivity contribution >= 4 is 11.9 Å². The van der Waals surface area contributed by atoms with Gasteiger partial charge in [-0.25, -0.2) is 4.79 Å². The van der Waals surface area contributed by atoms with Crippen molar-refractivity contribution in [3.8, 4) is 5.75 Å². The molecule has 0 spiro atoms. The van der Waals surface area contributed by atoms with Crippen LogP contribution in [0.3, 0.4) is 0 Å². The summed E-state index contributed by atoms with van der Waals surface area (Å²) < 4.78 is 10.9. The molecule has 1 aliphatic rings. The predicted octanol–water partition coefficient (Wildman–Crippen LogP) is 2.41. The maximum atomic E-state index is 12.5. The van der Waals surface area contributed by atoms with Crippen LogP contribution in [0.1, 0.15) is 28.4 Å². The molecule has 3 rings (SSSR count). The summed E-state index contributed by atoms with van der Waals surface area (Å²) in [5.41, 5.74) is 1.45. The molecule has 0 radical (unpaired) electrons. The molecule has 25 heavy (non-hydrogen) atoms. The van der Waals surface area contributed by atoms with E-state index in [1.54, 1.807) is 18.2 Å². The van der Waals surface area contributed by atoms with Crippen molar-refractivity contribution in [2.75, 3.05) is 13.2 Å². The molecule has 0 unspecified atom stereocenters. The first-order valence-electron chi connectivity index (χ1n) is 8.05. The van der Waals surface area contributed by atoms with Crippen LogP contribution in [0.2, 0.25) is 0 Å². The van der Waals surface area contributed by atoms with E-state index in [0.29, 0.717) is 17.9 Å². The molecule has 2 aromatic rings. The number of carboxylic acid groups (broad SMARTS) is 1. The Hall–Kier alpha value is -2.86. The lowest BCUT2D eigenvalue weighted by molar-refractivity contribution is -0.139. The van der Waals surface area contributed by atoms with E-state index in [1.807, 2.05) is 30.3 Å². The van der Waals surface area contributed by atoms with E-state index in [0.717, 1.165) is 12.0 Å². The summed E-state index contributed by atoms with van der Waals surface area (Å²) in [5.74, 6) is -0.960. The van der Waals surface area contributed by atoms with Crippen LogP contribution in [0.5, 0.6) is 5.75 Å². The zero-order valence-corrected chi connectivity index (χ0v) is 13.6. The third-order valence-electron chi connectivity index (χ3n) is 3.99. The standard InChI is InChI=1S/C19H19NO5/c21-17(22)12-25-15-8-4-7-14(11-15)19(23)20-16-9-10-24-18(16)13-5-2-1-3-6-13/h1-8,11,16,18H,9-10,12H2,(H,20,23)(H,21,22)/t16-,18+/m1/s1. The minimum absolute atomic E-state index is 0.113. The van der Waals surface area contributed by atoms with Crippen molar-refractivity contribution in [2.24, 2.45) is 0 Å². The van der Waals surface area contributed by atoms with Gasteiger partial charge in [-0.1, -0.05) is 36.4 Å². The molecule has 2 atom stereocenters. The summed E-state index contributed by atoms with van der Waals surface area (Å²) in [5, 5.41) is 11.7. The summed E-state index contributed by atoms with van der Waals surface area (Å²) in [4.78, 5) is 23.1. The maximum absolute atomic E-state index is 12.5. The van der Waals surface area contributed by atoms with Crippen molar-refractivity contribution in [3.05, 3.63) is 65.7 Å². The number of hydrogen-bond donors (Lipinski definition) is 2. The zero-order chi connectivity index (χ0) is 17.6. The fourth-order valence-electron chi connectivity index (χ4n) is 2.83. The van der Waals surface area contributed by atoms with Crippen LogP contribution in [0.25, 0.3) is 0 Å². The molecule has 0 saturated carbocycles. The third-order valence-corrected chi connectivity index (χ3v) is 3.99. The molecule has 0 aromatic heterocycles. The molecule has 130 valence electrons. The van der Waals surface area contributed by atoms with Gasteiger partial charge >= 0.3 is 5.97 Å². The molecule has 6 nitrogen and oxygen atoms in total. The third kappa shape index (κ3) is 4.36. The number of carbonyl (C=O) groups excluding carboxylic acids is 1. The minimum atomic E-state index is -1.07. The highest BCUT2D eigenvalue weighted by atomic mass is 16.5. The van der Waals surface area contributed by atoms with Crippen LogP contribution in [-0.4, -0.2) is 36.2 Å². The van der Waals surface area contributed by atoms with Gasteiger partial charge in [0.05, 0.1) is 6.04 Å². The highest BCUT2D eigenvalue weighted by Crippen LogP contribution is 2.29. The van der Waals surface area contributed by atoms with E-state index < -0.39 is 12.6 Å². The number of carbonyl (C=O) groups is 2. The van der Waals surface area contributed by atoms with Gasteiger partial charge < -0.3 is 19.9 Å². The highest BCUT2D eigenvalue weighted by Gasteiger charge is 2.31. The van der Waals surface area contributed by atoms with Gasteiger partial charge in [0.15, 0.2) is 6.61 Å². The van der Waals surface area contributed by atoms with Crippen molar-refractivity contribution in [2.45, 2.75) is 18.6 Å². The fraction of sp³-hybridized carbons (Fsp3) is 0.263. The Morgan fingerprint density at radius 2 is 1.96 bits per heavy atom. The first kappa shape index (κ1) is 17.0. The molecule has 1 aliphatic heterocycles. The smallest absolute Gasteiger partial charge is 0.341 e. The fourth-order valence-corrected chi connectivity index (χ4v) is 2.83. The Labute approximate surface area is 145 Å². The molecule has 1 fully saturated rings. The second kappa shape index (κ2) is 7.81. The Morgan fingerprint density at radius 3 is 2.72 bits per heavy atom. The van der Waals surface area contributed by atoms with Gasteiger partial charge in [0.2, 0.25) is 0 Å². The van der Waals surface area contributed by atoms with Gasteiger partial charge in [-0.05, 0) is 30.2 Å². The monoisotopic (exact) mass is 341 g/mol.